The molecule has 0 atom stereocenters. The number of nitrogens with one attached hydrogen (secondary N) is 1. The Hall–Kier alpha value is -1.88. The van der Waals surface area contributed by atoms with Gasteiger partial charge in [-0.05, 0) is 29.8 Å². The van der Waals surface area contributed by atoms with E-state index in [4.69, 9.17) is 16.0 Å². The Bertz CT molecular complexity index is 548. The SMILES string of the molecule is O=C(Nc1c(F)cccc1F)c1ccoc1Cl. The fourth-order valence-corrected chi connectivity index (χ4v) is 1.45. The zero-order chi connectivity index (χ0) is 12.4. The van der Waals surface area contributed by atoms with Crippen molar-refractivity contribution in [1.82, 2.24) is 0 Å². The minimum Gasteiger partial charge on any atom is -0.452 e. The first-order chi connectivity index (χ1) is 8.09. The number of carbonyl (C=O) groups is 1. The molecule has 1 heterocycles. The van der Waals surface area contributed by atoms with E-state index in [0.29, 0.717) is 0 Å². The first-order valence-electron chi connectivity index (χ1n) is 4.58. The van der Waals surface area contributed by atoms with E-state index in [9.17, 15) is 13.6 Å². The van der Waals surface area contributed by atoms with Crippen molar-refractivity contribution in [2.45, 2.75) is 0 Å². The molecule has 0 aliphatic rings. The normalized spacial score (nSPS) is 10.3. The van der Waals surface area contributed by atoms with E-state index >= 15 is 0 Å². The number of rotatable bonds is 2. The van der Waals surface area contributed by atoms with Crippen LogP contribution in [0.15, 0.2) is 34.9 Å². The lowest BCUT2D eigenvalue weighted by atomic mass is 10.2. The standard InChI is InChI=1S/C11H6ClF2NO2/c12-10-6(4-5-17-10)11(16)15-9-7(13)2-1-3-8(9)14/h1-5H,(H,15,16). The number of benzene rings is 1. The van der Waals surface area contributed by atoms with Gasteiger partial charge in [0.2, 0.25) is 5.22 Å². The second kappa shape index (κ2) is 4.55. The van der Waals surface area contributed by atoms with Crippen LogP contribution in [0.4, 0.5) is 14.5 Å². The van der Waals surface area contributed by atoms with Gasteiger partial charge < -0.3 is 9.73 Å². The van der Waals surface area contributed by atoms with Gasteiger partial charge in [-0.15, -0.1) is 0 Å². The number of carbonyl (C=O) groups excluding carboxylic acids is 1. The van der Waals surface area contributed by atoms with Crippen molar-refractivity contribution in [3.8, 4) is 0 Å². The third-order valence-electron chi connectivity index (χ3n) is 2.06. The lowest BCUT2D eigenvalue weighted by Gasteiger charge is -2.06. The van der Waals surface area contributed by atoms with Gasteiger partial charge in [-0.3, -0.25) is 4.79 Å². The lowest BCUT2D eigenvalue weighted by Crippen LogP contribution is -2.13. The molecule has 88 valence electrons. The lowest BCUT2D eigenvalue weighted by molar-refractivity contribution is 0.102. The summed E-state index contributed by atoms with van der Waals surface area (Å²) in [5, 5.41) is 1.95. The van der Waals surface area contributed by atoms with Crippen molar-refractivity contribution in [3.05, 3.63) is 52.9 Å². The van der Waals surface area contributed by atoms with Crippen LogP contribution in [0, 0.1) is 11.6 Å². The Morgan fingerprint density at radius 3 is 2.41 bits per heavy atom. The van der Waals surface area contributed by atoms with Gasteiger partial charge >= 0.3 is 0 Å². The average Bonchev–Trinajstić information content (AvgIpc) is 2.70. The average molecular weight is 258 g/mol. The molecular weight excluding hydrogens is 252 g/mol. The molecule has 6 heteroatoms. The van der Waals surface area contributed by atoms with E-state index in [1.165, 1.54) is 18.4 Å². The van der Waals surface area contributed by atoms with Crippen LogP contribution >= 0.6 is 11.6 Å². The number of halogens is 3. The van der Waals surface area contributed by atoms with Gasteiger partial charge in [0, 0.05) is 0 Å². The van der Waals surface area contributed by atoms with Crippen LogP contribution in [0.5, 0.6) is 0 Å². The summed E-state index contributed by atoms with van der Waals surface area (Å²) >= 11 is 5.57. The minimum absolute atomic E-state index is 0.00863. The van der Waals surface area contributed by atoms with Crippen molar-refractivity contribution < 1.29 is 18.0 Å². The molecule has 1 aromatic carbocycles. The Morgan fingerprint density at radius 2 is 1.88 bits per heavy atom. The molecule has 3 nitrogen and oxygen atoms in total. The maximum Gasteiger partial charge on any atom is 0.260 e. The highest BCUT2D eigenvalue weighted by Crippen LogP contribution is 2.22. The van der Waals surface area contributed by atoms with Crippen molar-refractivity contribution in [3.63, 3.8) is 0 Å². The molecule has 2 rings (SSSR count). The molecule has 0 bridgehead atoms. The molecule has 2 aromatic rings. The van der Waals surface area contributed by atoms with Crippen LogP contribution in [-0.4, -0.2) is 5.91 Å². The molecule has 0 saturated heterocycles. The summed E-state index contributed by atoms with van der Waals surface area (Å²) < 4.78 is 31.2. The molecule has 1 N–H and O–H groups in total. The monoisotopic (exact) mass is 257 g/mol. The van der Waals surface area contributed by atoms with E-state index < -0.39 is 23.2 Å². The summed E-state index contributed by atoms with van der Waals surface area (Å²) in [4.78, 5) is 11.6. The zero-order valence-corrected chi connectivity index (χ0v) is 9.09. The second-order valence-corrected chi connectivity index (χ2v) is 3.50. The Kier molecular flexibility index (Phi) is 3.10. The van der Waals surface area contributed by atoms with Gasteiger partial charge in [0.15, 0.2) is 0 Å². The van der Waals surface area contributed by atoms with Gasteiger partial charge in [-0.1, -0.05) is 6.07 Å². The van der Waals surface area contributed by atoms with Crippen LogP contribution in [0.25, 0.3) is 0 Å². The molecule has 1 amide bonds. The number of para-hydroxylation sites is 1. The van der Waals surface area contributed by atoms with Crippen molar-refractivity contribution in [2.24, 2.45) is 0 Å². The Labute approximate surface area is 100.0 Å². The maximum atomic E-state index is 13.2. The molecule has 0 aliphatic heterocycles. The summed E-state index contributed by atoms with van der Waals surface area (Å²) in [6.07, 6.45) is 1.20. The Morgan fingerprint density at radius 1 is 1.24 bits per heavy atom. The highest BCUT2D eigenvalue weighted by Gasteiger charge is 2.17. The van der Waals surface area contributed by atoms with Gasteiger partial charge in [0.05, 0.1) is 11.8 Å². The van der Waals surface area contributed by atoms with Crippen LogP contribution in [0.3, 0.4) is 0 Å². The van der Waals surface area contributed by atoms with Crippen LogP contribution in [0.1, 0.15) is 10.4 Å². The number of anilines is 1. The fourth-order valence-electron chi connectivity index (χ4n) is 1.25. The zero-order valence-electron chi connectivity index (χ0n) is 8.34. The largest absolute Gasteiger partial charge is 0.452 e. The summed E-state index contributed by atoms with van der Waals surface area (Å²) in [5.41, 5.74) is -0.510. The molecule has 0 aliphatic carbocycles. The second-order valence-electron chi connectivity index (χ2n) is 3.16. The molecule has 0 saturated carbocycles. The van der Waals surface area contributed by atoms with Crippen LogP contribution < -0.4 is 5.32 Å². The van der Waals surface area contributed by atoms with E-state index in [-0.39, 0.29) is 10.8 Å². The highest BCUT2D eigenvalue weighted by atomic mass is 35.5. The molecule has 0 fully saturated rings. The van der Waals surface area contributed by atoms with Crippen LogP contribution in [-0.2, 0) is 0 Å². The maximum absolute atomic E-state index is 13.2. The van der Waals surface area contributed by atoms with Gasteiger partial charge in [-0.25, -0.2) is 8.78 Å². The topological polar surface area (TPSA) is 42.2 Å². The van der Waals surface area contributed by atoms with Gasteiger partial charge in [0.1, 0.15) is 17.3 Å². The summed E-state index contributed by atoms with van der Waals surface area (Å²) in [6.45, 7) is 0. The smallest absolute Gasteiger partial charge is 0.260 e. The minimum atomic E-state index is -0.863. The molecule has 0 radical (unpaired) electrons. The van der Waals surface area contributed by atoms with E-state index in [0.717, 1.165) is 12.1 Å². The number of hydrogen-bond donors (Lipinski definition) is 1. The first-order valence-corrected chi connectivity index (χ1v) is 4.95. The molecule has 17 heavy (non-hydrogen) atoms. The van der Waals surface area contributed by atoms with Crippen molar-refractivity contribution in [2.75, 3.05) is 5.32 Å². The van der Waals surface area contributed by atoms with E-state index in [1.807, 2.05) is 0 Å². The fraction of sp³-hybridized carbons (Fsp3) is 0. The van der Waals surface area contributed by atoms with Crippen LogP contribution in [0.2, 0.25) is 5.22 Å². The summed E-state index contributed by atoms with van der Waals surface area (Å²) in [5.74, 6) is -2.47. The van der Waals surface area contributed by atoms with E-state index in [1.54, 1.807) is 0 Å². The number of hydrogen-bond acceptors (Lipinski definition) is 2. The molecule has 0 spiro atoms. The quantitative estimate of drug-likeness (QED) is 0.895. The Balaban J connectivity index is 2.28. The first kappa shape index (κ1) is 11.6. The third kappa shape index (κ3) is 2.29. The summed E-state index contributed by atoms with van der Waals surface area (Å²) in [6, 6.07) is 4.58. The third-order valence-corrected chi connectivity index (χ3v) is 2.36. The number of amides is 1. The predicted molar refractivity (Wildman–Crippen MR) is 58.0 cm³/mol. The van der Waals surface area contributed by atoms with Gasteiger partial charge in [0.25, 0.3) is 5.91 Å². The van der Waals surface area contributed by atoms with Crippen molar-refractivity contribution >= 4 is 23.2 Å². The molecular formula is C11H6ClF2NO2. The van der Waals surface area contributed by atoms with Crippen molar-refractivity contribution in [1.29, 1.82) is 0 Å². The molecule has 1 aromatic heterocycles. The molecule has 0 unspecified atom stereocenters. The van der Waals surface area contributed by atoms with E-state index in [2.05, 4.69) is 5.32 Å². The summed E-state index contributed by atoms with van der Waals surface area (Å²) in [7, 11) is 0. The predicted octanol–water partition coefficient (Wildman–Crippen LogP) is 3.46. The van der Waals surface area contributed by atoms with Gasteiger partial charge in [-0.2, -0.15) is 0 Å². The number of furan rings is 1. The highest BCUT2D eigenvalue weighted by molar-refractivity contribution is 6.32.